The van der Waals surface area contributed by atoms with E-state index in [1.807, 2.05) is 12.1 Å². The normalized spacial score (nSPS) is 18.6. The van der Waals surface area contributed by atoms with Crippen LogP contribution in [0.2, 0.25) is 5.02 Å². The maximum Gasteiger partial charge on any atom is 0.321 e. The molecule has 3 rings (SSSR count). The standard InChI is InChI=1S/C19H26ClN5O2/c1-13(2)11-24-9-6-10-25(12-17(24)18-21-14(3)23-27-18)19(26)22-16-8-5-4-7-15(16)20/h4-5,7-8,13,17H,6,9-12H2,1-3H3,(H,22,26). The first kappa shape index (κ1) is 19.6. The Morgan fingerprint density at radius 3 is 2.81 bits per heavy atom. The average Bonchev–Trinajstić information content (AvgIpc) is 2.93. The summed E-state index contributed by atoms with van der Waals surface area (Å²) in [5.74, 6) is 1.66. The van der Waals surface area contributed by atoms with Crippen molar-refractivity contribution in [2.75, 3.05) is 31.5 Å². The maximum absolute atomic E-state index is 12.9. The molecule has 7 nitrogen and oxygen atoms in total. The minimum absolute atomic E-state index is 0.118. The average molecular weight is 392 g/mol. The highest BCUT2D eigenvalue weighted by Crippen LogP contribution is 2.26. The highest BCUT2D eigenvalue weighted by atomic mass is 35.5. The number of hydrogen-bond donors (Lipinski definition) is 1. The van der Waals surface area contributed by atoms with Gasteiger partial charge in [-0.1, -0.05) is 42.7 Å². The zero-order chi connectivity index (χ0) is 19.4. The van der Waals surface area contributed by atoms with Crippen molar-refractivity contribution >= 4 is 23.3 Å². The van der Waals surface area contributed by atoms with Crippen molar-refractivity contribution in [3.63, 3.8) is 0 Å². The van der Waals surface area contributed by atoms with E-state index < -0.39 is 0 Å². The van der Waals surface area contributed by atoms with Crippen molar-refractivity contribution in [1.82, 2.24) is 19.9 Å². The summed E-state index contributed by atoms with van der Waals surface area (Å²) in [7, 11) is 0. The van der Waals surface area contributed by atoms with Crippen LogP contribution >= 0.6 is 11.6 Å². The first-order chi connectivity index (χ1) is 12.9. The van der Waals surface area contributed by atoms with Gasteiger partial charge in [0.25, 0.3) is 0 Å². The predicted molar refractivity (Wildman–Crippen MR) is 105 cm³/mol. The van der Waals surface area contributed by atoms with Crippen LogP contribution in [0.3, 0.4) is 0 Å². The van der Waals surface area contributed by atoms with E-state index in [2.05, 4.69) is 34.2 Å². The van der Waals surface area contributed by atoms with Crippen LogP contribution in [0.5, 0.6) is 0 Å². The molecule has 1 aliphatic heterocycles. The van der Waals surface area contributed by atoms with Gasteiger partial charge in [0, 0.05) is 26.2 Å². The number of nitrogens with one attached hydrogen (secondary N) is 1. The summed E-state index contributed by atoms with van der Waals surface area (Å²) in [5.41, 5.74) is 0.609. The first-order valence-corrected chi connectivity index (χ1v) is 9.66. The van der Waals surface area contributed by atoms with Gasteiger partial charge < -0.3 is 14.7 Å². The molecule has 1 atom stereocenters. The third-order valence-electron chi connectivity index (χ3n) is 4.54. The van der Waals surface area contributed by atoms with Crippen molar-refractivity contribution < 1.29 is 9.32 Å². The van der Waals surface area contributed by atoms with Crippen LogP contribution in [0, 0.1) is 12.8 Å². The number of nitrogens with zero attached hydrogens (tertiary/aromatic N) is 4. The van der Waals surface area contributed by atoms with Crippen LogP contribution in [0.4, 0.5) is 10.5 Å². The smallest absolute Gasteiger partial charge is 0.321 e. The van der Waals surface area contributed by atoms with Crippen molar-refractivity contribution in [2.24, 2.45) is 5.92 Å². The number of hydrogen-bond acceptors (Lipinski definition) is 5. The van der Waals surface area contributed by atoms with Crippen LogP contribution in [-0.4, -0.2) is 52.2 Å². The number of carbonyl (C=O) groups excluding carboxylic acids is 1. The third kappa shape index (κ3) is 4.99. The van der Waals surface area contributed by atoms with Gasteiger partial charge in [0.15, 0.2) is 5.82 Å². The van der Waals surface area contributed by atoms with Crippen molar-refractivity contribution in [1.29, 1.82) is 0 Å². The Hall–Kier alpha value is -2.12. The number of benzene rings is 1. The van der Waals surface area contributed by atoms with E-state index in [1.165, 1.54) is 0 Å². The second-order valence-electron chi connectivity index (χ2n) is 7.29. The summed E-state index contributed by atoms with van der Waals surface area (Å²) in [5, 5.41) is 7.37. The molecule has 2 heterocycles. The summed E-state index contributed by atoms with van der Waals surface area (Å²) in [6, 6.07) is 6.94. The van der Waals surface area contributed by atoms with E-state index in [0.29, 0.717) is 41.4 Å². The van der Waals surface area contributed by atoms with E-state index in [4.69, 9.17) is 16.1 Å². The third-order valence-corrected chi connectivity index (χ3v) is 4.87. The molecule has 1 aromatic heterocycles. The first-order valence-electron chi connectivity index (χ1n) is 9.28. The van der Waals surface area contributed by atoms with Crippen LogP contribution in [-0.2, 0) is 0 Å². The molecule has 1 fully saturated rings. The topological polar surface area (TPSA) is 74.5 Å². The summed E-state index contributed by atoms with van der Waals surface area (Å²) in [6.45, 7) is 9.11. The summed E-state index contributed by atoms with van der Waals surface area (Å²) in [6.07, 6.45) is 0.881. The van der Waals surface area contributed by atoms with Gasteiger partial charge in [-0.25, -0.2) is 4.79 Å². The molecule has 1 aromatic carbocycles. The van der Waals surface area contributed by atoms with Crippen molar-refractivity contribution in [2.45, 2.75) is 33.2 Å². The number of aryl methyl sites for hydroxylation is 1. The Morgan fingerprint density at radius 2 is 2.15 bits per heavy atom. The molecule has 0 spiro atoms. The van der Waals surface area contributed by atoms with Gasteiger partial charge in [-0.2, -0.15) is 4.98 Å². The Bertz CT molecular complexity index is 779. The lowest BCUT2D eigenvalue weighted by molar-refractivity contribution is 0.138. The predicted octanol–water partition coefficient (Wildman–Crippen LogP) is 3.97. The van der Waals surface area contributed by atoms with Crippen LogP contribution in [0.25, 0.3) is 0 Å². The molecule has 1 aliphatic rings. The molecule has 1 saturated heterocycles. The van der Waals surface area contributed by atoms with E-state index in [-0.39, 0.29) is 12.1 Å². The number of rotatable bonds is 4. The maximum atomic E-state index is 12.9. The summed E-state index contributed by atoms with van der Waals surface area (Å²) >= 11 is 6.17. The number of para-hydroxylation sites is 1. The van der Waals surface area contributed by atoms with Gasteiger partial charge in [0.1, 0.15) is 6.04 Å². The number of urea groups is 1. The lowest BCUT2D eigenvalue weighted by atomic mass is 10.1. The Kier molecular flexibility index (Phi) is 6.34. The van der Waals surface area contributed by atoms with Gasteiger partial charge in [-0.15, -0.1) is 0 Å². The molecular weight excluding hydrogens is 366 g/mol. The molecule has 146 valence electrons. The molecule has 8 heteroatoms. The molecule has 0 aliphatic carbocycles. The number of aromatic nitrogens is 2. The second kappa shape index (κ2) is 8.71. The van der Waals surface area contributed by atoms with E-state index in [1.54, 1.807) is 24.0 Å². The zero-order valence-corrected chi connectivity index (χ0v) is 16.7. The van der Waals surface area contributed by atoms with Crippen LogP contribution in [0.15, 0.2) is 28.8 Å². The number of carbonyl (C=O) groups is 1. The zero-order valence-electron chi connectivity index (χ0n) is 16.0. The molecular formula is C19H26ClN5O2. The van der Waals surface area contributed by atoms with E-state index in [0.717, 1.165) is 19.5 Å². The van der Waals surface area contributed by atoms with Gasteiger partial charge in [0.2, 0.25) is 5.89 Å². The molecule has 2 amide bonds. The van der Waals surface area contributed by atoms with E-state index >= 15 is 0 Å². The van der Waals surface area contributed by atoms with Gasteiger partial charge >= 0.3 is 6.03 Å². The fraction of sp³-hybridized carbons (Fsp3) is 0.526. The minimum atomic E-state index is -0.171. The lowest BCUT2D eigenvalue weighted by Crippen LogP contribution is -2.40. The Labute approximate surface area is 164 Å². The van der Waals surface area contributed by atoms with Crippen LogP contribution < -0.4 is 5.32 Å². The number of anilines is 1. The highest BCUT2D eigenvalue weighted by Gasteiger charge is 2.32. The fourth-order valence-electron chi connectivity index (χ4n) is 3.35. The molecule has 0 bridgehead atoms. The fourth-order valence-corrected chi connectivity index (χ4v) is 3.53. The lowest BCUT2D eigenvalue weighted by Gasteiger charge is -2.30. The summed E-state index contributed by atoms with van der Waals surface area (Å²) in [4.78, 5) is 21.4. The quantitative estimate of drug-likeness (QED) is 0.853. The van der Waals surface area contributed by atoms with E-state index in [9.17, 15) is 4.79 Å². The van der Waals surface area contributed by atoms with Gasteiger partial charge in [0.05, 0.1) is 10.7 Å². The van der Waals surface area contributed by atoms with Crippen molar-refractivity contribution in [3.8, 4) is 0 Å². The Balaban J connectivity index is 1.78. The molecule has 0 saturated carbocycles. The Morgan fingerprint density at radius 1 is 1.37 bits per heavy atom. The monoisotopic (exact) mass is 391 g/mol. The largest absolute Gasteiger partial charge is 0.338 e. The minimum Gasteiger partial charge on any atom is -0.338 e. The van der Waals surface area contributed by atoms with Gasteiger partial charge in [-0.3, -0.25) is 4.90 Å². The second-order valence-corrected chi connectivity index (χ2v) is 7.70. The van der Waals surface area contributed by atoms with Gasteiger partial charge in [-0.05, 0) is 31.4 Å². The van der Waals surface area contributed by atoms with Crippen molar-refractivity contribution in [3.05, 3.63) is 41.0 Å². The van der Waals surface area contributed by atoms with Crippen LogP contribution in [0.1, 0.15) is 38.0 Å². The number of amides is 2. The SMILES string of the molecule is Cc1noc(C2CN(C(=O)Nc3ccccc3Cl)CCCN2CC(C)C)n1. The number of halogens is 1. The molecule has 0 radical (unpaired) electrons. The summed E-state index contributed by atoms with van der Waals surface area (Å²) < 4.78 is 5.45. The molecule has 1 N–H and O–H groups in total. The molecule has 27 heavy (non-hydrogen) atoms. The molecule has 2 aromatic rings. The molecule has 1 unspecified atom stereocenters. The highest BCUT2D eigenvalue weighted by molar-refractivity contribution is 6.33.